The highest BCUT2D eigenvalue weighted by Crippen LogP contribution is 2.33. The number of carboxylic acids is 1. The first kappa shape index (κ1) is 14.7. The third-order valence-electron chi connectivity index (χ3n) is 4.30. The van der Waals surface area contributed by atoms with E-state index in [9.17, 15) is 9.59 Å². The highest BCUT2D eigenvalue weighted by molar-refractivity contribution is 5.80. The highest BCUT2D eigenvalue weighted by atomic mass is 16.7. The summed E-state index contributed by atoms with van der Waals surface area (Å²) in [6.45, 7) is 0.632. The lowest BCUT2D eigenvalue weighted by Gasteiger charge is -2.25. The summed E-state index contributed by atoms with van der Waals surface area (Å²) in [5.74, 6) is -0.0576. The number of nitrogens with one attached hydrogen (secondary N) is 1. The Kier molecular flexibility index (Phi) is 4.18. The molecule has 2 aliphatic rings. The van der Waals surface area contributed by atoms with Crippen LogP contribution in [0.25, 0.3) is 0 Å². The molecule has 6 heteroatoms. The maximum absolute atomic E-state index is 12.2. The van der Waals surface area contributed by atoms with Crippen LogP contribution >= 0.6 is 0 Å². The van der Waals surface area contributed by atoms with Gasteiger partial charge in [-0.05, 0) is 37.0 Å². The Balaban J connectivity index is 1.54. The van der Waals surface area contributed by atoms with Gasteiger partial charge >= 0.3 is 5.97 Å². The van der Waals surface area contributed by atoms with Crippen LogP contribution in [0.3, 0.4) is 0 Å². The van der Waals surface area contributed by atoms with Crippen LogP contribution in [0.15, 0.2) is 18.2 Å². The SMILES string of the molecule is O=C(O)C1CCCC(C(=O)NCc2ccc3c(c2)OCO3)C1. The van der Waals surface area contributed by atoms with Crippen LogP contribution in [0, 0.1) is 11.8 Å². The number of ether oxygens (including phenoxy) is 2. The molecule has 3 rings (SSSR count). The van der Waals surface area contributed by atoms with Crippen LogP contribution in [0.4, 0.5) is 0 Å². The topological polar surface area (TPSA) is 84.9 Å². The summed E-state index contributed by atoms with van der Waals surface area (Å²) in [6, 6.07) is 5.56. The summed E-state index contributed by atoms with van der Waals surface area (Å²) >= 11 is 0. The molecule has 1 amide bonds. The molecule has 1 aliphatic carbocycles. The van der Waals surface area contributed by atoms with Crippen molar-refractivity contribution in [3.8, 4) is 11.5 Å². The first-order chi connectivity index (χ1) is 10.6. The monoisotopic (exact) mass is 305 g/mol. The van der Waals surface area contributed by atoms with Crippen LogP contribution in [0.5, 0.6) is 11.5 Å². The molecule has 1 heterocycles. The van der Waals surface area contributed by atoms with Gasteiger partial charge in [0.2, 0.25) is 12.7 Å². The Morgan fingerprint density at radius 1 is 1.18 bits per heavy atom. The number of carbonyl (C=O) groups excluding carboxylic acids is 1. The van der Waals surface area contributed by atoms with Gasteiger partial charge in [-0.3, -0.25) is 9.59 Å². The molecule has 1 aromatic carbocycles. The molecule has 2 N–H and O–H groups in total. The van der Waals surface area contributed by atoms with Gasteiger partial charge in [-0.25, -0.2) is 0 Å². The highest BCUT2D eigenvalue weighted by Gasteiger charge is 2.30. The number of fused-ring (bicyclic) bond motifs is 1. The average Bonchev–Trinajstić information content (AvgIpc) is 3.00. The van der Waals surface area contributed by atoms with E-state index in [-0.39, 0.29) is 18.6 Å². The number of rotatable bonds is 4. The van der Waals surface area contributed by atoms with Gasteiger partial charge in [0.05, 0.1) is 5.92 Å². The van der Waals surface area contributed by atoms with Crippen molar-refractivity contribution in [1.82, 2.24) is 5.32 Å². The molecular weight excluding hydrogens is 286 g/mol. The van der Waals surface area contributed by atoms with E-state index >= 15 is 0 Å². The Bertz CT molecular complexity index is 586. The second kappa shape index (κ2) is 6.25. The smallest absolute Gasteiger partial charge is 0.306 e. The lowest BCUT2D eigenvalue weighted by atomic mass is 9.81. The van der Waals surface area contributed by atoms with Gasteiger partial charge in [-0.1, -0.05) is 12.5 Å². The Morgan fingerprint density at radius 3 is 2.77 bits per heavy atom. The van der Waals surface area contributed by atoms with E-state index in [0.29, 0.717) is 30.9 Å². The molecule has 0 aromatic heterocycles. The number of hydrogen-bond acceptors (Lipinski definition) is 4. The van der Waals surface area contributed by atoms with E-state index < -0.39 is 11.9 Å². The number of carboxylic acid groups (broad SMARTS) is 1. The Morgan fingerprint density at radius 2 is 1.95 bits per heavy atom. The number of benzene rings is 1. The first-order valence-electron chi connectivity index (χ1n) is 7.52. The summed E-state index contributed by atoms with van der Waals surface area (Å²) < 4.78 is 10.5. The molecular formula is C16H19NO5. The van der Waals surface area contributed by atoms with E-state index in [2.05, 4.69) is 5.32 Å². The molecule has 1 aliphatic heterocycles. The van der Waals surface area contributed by atoms with E-state index in [0.717, 1.165) is 18.4 Å². The van der Waals surface area contributed by atoms with Gasteiger partial charge < -0.3 is 19.9 Å². The van der Waals surface area contributed by atoms with Crippen molar-refractivity contribution in [3.05, 3.63) is 23.8 Å². The number of hydrogen-bond donors (Lipinski definition) is 2. The van der Waals surface area contributed by atoms with Crippen molar-refractivity contribution in [3.63, 3.8) is 0 Å². The lowest BCUT2D eigenvalue weighted by molar-refractivity contribution is -0.144. The molecule has 0 radical (unpaired) electrons. The zero-order chi connectivity index (χ0) is 15.5. The second-order valence-electron chi connectivity index (χ2n) is 5.80. The maximum atomic E-state index is 12.2. The van der Waals surface area contributed by atoms with Crippen LogP contribution < -0.4 is 14.8 Å². The minimum atomic E-state index is -0.798. The summed E-state index contributed by atoms with van der Waals surface area (Å²) in [5.41, 5.74) is 0.934. The zero-order valence-corrected chi connectivity index (χ0v) is 12.2. The second-order valence-corrected chi connectivity index (χ2v) is 5.80. The van der Waals surface area contributed by atoms with Crippen molar-refractivity contribution >= 4 is 11.9 Å². The summed E-state index contributed by atoms with van der Waals surface area (Å²) in [6.07, 6.45) is 2.65. The predicted octanol–water partition coefficient (Wildman–Crippen LogP) is 1.92. The van der Waals surface area contributed by atoms with E-state index in [1.165, 1.54) is 0 Å². The standard InChI is InChI=1S/C16H19NO5/c18-15(11-2-1-3-12(7-11)16(19)20)17-8-10-4-5-13-14(6-10)22-9-21-13/h4-6,11-12H,1-3,7-9H2,(H,17,18)(H,19,20). The van der Waals surface area contributed by atoms with Gasteiger partial charge in [-0.15, -0.1) is 0 Å². The quantitative estimate of drug-likeness (QED) is 0.887. The minimum absolute atomic E-state index is 0.0661. The average molecular weight is 305 g/mol. The molecule has 2 unspecified atom stereocenters. The fourth-order valence-corrected chi connectivity index (χ4v) is 3.04. The van der Waals surface area contributed by atoms with E-state index in [1.807, 2.05) is 18.2 Å². The van der Waals surface area contributed by atoms with Crippen LogP contribution in [0.1, 0.15) is 31.2 Å². The van der Waals surface area contributed by atoms with E-state index in [1.54, 1.807) is 0 Å². The summed E-state index contributed by atoms with van der Waals surface area (Å²) in [5, 5.41) is 12.0. The Labute approximate surface area is 128 Å². The fourth-order valence-electron chi connectivity index (χ4n) is 3.04. The molecule has 1 fully saturated rings. The third-order valence-corrected chi connectivity index (χ3v) is 4.30. The van der Waals surface area contributed by atoms with Crippen molar-refractivity contribution in [2.24, 2.45) is 11.8 Å². The van der Waals surface area contributed by atoms with E-state index in [4.69, 9.17) is 14.6 Å². The van der Waals surface area contributed by atoms with Crippen molar-refractivity contribution in [1.29, 1.82) is 0 Å². The van der Waals surface area contributed by atoms with Gasteiger partial charge in [0, 0.05) is 12.5 Å². The molecule has 22 heavy (non-hydrogen) atoms. The number of amides is 1. The minimum Gasteiger partial charge on any atom is -0.481 e. The Hall–Kier alpha value is -2.24. The van der Waals surface area contributed by atoms with Crippen LogP contribution in [-0.2, 0) is 16.1 Å². The predicted molar refractivity (Wildman–Crippen MR) is 77.5 cm³/mol. The molecule has 0 saturated heterocycles. The summed E-state index contributed by atoms with van der Waals surface area (Å²) in [7, 11) is 0. The van der Waals surface area contributed by atoms with Crippen molar-refractivity contribution in [2.45, 2.75) is 32.2 Å². The number of aliphatic carboxylic acids is 1. The molecule has 0 spiro atoms. The molecule has 2 atom stereocenters. The van der Waals surface area contributed by atoms with Crippen molar-refractivity contribution < 1.29 is 24.2 Å². The molecule has 6 nitrogen and oxygen atoms in total. The van der Waals surface area contributed by atoms with Gasteiger partial charge in [0.15, 0.2) is 11.5 Å². The normalized spacial score (nSPS) is 23.1. The van der Waals surface area contributed by atoms with Crippen LogP contribution in [-0.4, -0.2) is 23.8 Å². The largest absolute Gasteiger partial charge is 0.481 e. The zero-order valence-electron chi connectivity index (χ0n) is 12.2. The maximum Gasteiger partial charge on any atom is 0.306 e. The molecule has 118 valence electrons. The first-order valence-corrected chi connectivity index (χ1v) is 7.52. The fraction of sp³-hybridized carbons (Fsp3) is 0.500. The lowest BCUT2D eigenvalue weighted by Crippen LogP contribution is -2.35. The van der Waals surface area contributed by atoms with Crippen molar-refractivity contribution in [2.75, 3.05) is 6.79 Å². The van der Waals surface area contributed by atoms with Gasteiger partial charge in [0.1, 0.15) is 0 Å². The van der Waals surface area contributed by atoms with Crippen LogP contribution in [0.2, 0.25) is 0 Å². The molecule has 1 aromatic rings. The summed E-state index contributed by atoms with van der Waals surface area (Å²) in [4.78, 5) is 23.3. The number of carbonyl (C=O) groups is 2. The van der Waals surface area contributed by atoms with Gasteiger partial charge in [0.25, 0.3) is 0 Å². The van der Waals surface area contributed by atoms with Gasteiger partial charge in [-0.2, -0.15) is 0 Å². The molecule has 1 saturated carbocycles. The third kappa shape index (κ3) is 3.16. The molecule has 0 bridgehead atoms.